The third kappa shape index (κ3) is 5.47. The van der Waals surface area contributed by atoms with Crippen LogP contribution in [0.2, 0.25) is 10.0 Å². The molecular formula is C32H29Cl2N3OS. The standard InChI is InChI=1S/C32H29Cl2N3OS/c1-19-11-22(18-39-17-21-7-4-3-5-8-21)20(2)26(12-19)30-27(16-35)32(36)37(25-14-23(33)13-24(34)15-25)28-9-6-10-29(38)31(28)30/h3-5,7-8,11-15,30H,6,9-10,17-18,36H2,1-2H3. The predicted molar refractivity (Wildman–Crippen MR) is 162 cm³/mol. The number of hydrogen-bond acceptors (Lipinski definition) is 5. The van der Waals surface area contributed by atoms with Crippen LogP contribution in [0.4, 0.5) is 5.69 Å². The summed E-state index contributed by atoms with van der Waals surface area (Å²) in [5.74, 6) is 1.60. The zero-order chi connectivity index (χ0) is 27.7. The van der Waals surface area contributed by atoms with E-state index >= 15 is 0 Å². The summed E-state index contributed by atoms with van der Waals surface area (Å²) < 4.78 is 0. The van der Waals surface area contributed by atoms with Crippen molar-refractivity contribution in [3.63, 3.8) is 0 Å². The van der Waals surface area contributed by atoms with Crippen molar-refractivity contribution < 1.29 is 4.79 Å². The van der Waals surface area contributed by atoms with Gasteiger partial charge in [-0.25, -0.2) is 0 Å². The molecule has 0 amide bonds. The highest BCUT2D eigenvalue weighted by atomic mass is 35.5. The van der Waals surface area contributed by atoms with Crippen LogP contribution in [0.3, 0.4) is 0 Å². The van der Waals surface area contributed by atoms with Crippen LogP contribution in [0.5, 0.6) is 0 Å². The Bertz CT molecular complexity index is 1540. The van der Waals surface area contributed by atoms with E-state index < -0.39 is 5.92 Å². The fraction of sp³-hybridized carbons (Fsp3) is 0.250. The second-order valence-corrected chi connectivity index (χ2v) is 11.9. The average Bonchev–Trinajstić information content (AvgIpc) is 2.90. The zero-order valence-electron chi connectivity index (χ0n) is 21.9. The molecule has 0 bridgehead atoms. The smallest absolute Gasteiger partial charge is 0.161 e. The molecule has 1 aliphatic carbocycles. The summed E-state index contributed by atoms with van der Waals surface area (Å²) in [6.45, 7) is 4.16. The lowest BCUT2D eigenvalue weighted by molar-refractivity contribution is -0.116. The highest BCUT2D eigenvalue weighted by Gasteiger charge is 2.41. The largest absolute Gasteiger partial charge is 0.384 e. The van der Waals surface area contributed by atoms with Gasteiger partial charge in [0.2, 0.25) is 0 Å². The third-order valence-corrected chi connectivity index (χ3v) is 8.89. The van der Waals surface area contributed by atoms with Crippen molar-refractivity contribution in [2.24, 2.45) is 5.73 Å². The molecule has 1 unspecified atom stereocenters. The number of nitriles is 1. The summed E-state index contributed by atoms with van der Waals surface area (Å²) in [4.78, 5) is 15.4. The monoisotopic (exact) mass is 573 g/mol. The van der Waals surface area contributed by atoms with E-state index in [4.69, 9.17) is 28.9 Å². The molecular weight excluding hydrogens is 545 g/mol. The summed E-state index contributed by atoms with van der Waals surface area (Å²) in [7, 11) is 0. The van der Waals surface area contributed by atoms with Crippen molar-refractivity contribution in [1.29, 1.82) is 5.26 Å². The van der Waals surface area contributed by atoms with E-state index in [2.05, 4.69) is 56.3 Å². The van der Waals surface area contributed by atoms with E-state index in [1.807, 2.05) is 17.8 Å². The Morgan fingerprint density at radius 2 is 1.74 bits per heavy atom. The topological polar surface area (TPSA) is 70.1 Å². The first-order valence-corrected chi connectivity index (χ1v) is 14.8. The number of Topliss-reactive ketones (excluding diaryl/α,β-unsaturated/α-hetero) is 1. The first kappa shape index (κ1) is 27.4. The number of carbonyl (C=O) groups is 1. The molecule has 7 heteroatoms. The lowest BCUT2D eigenvalue weighted by atomic mass is 9.73. The highest BCUT2D eigenvalue weighted by molar-refractivity contribution is 7.97. The van der Waals surface area contributed by atoms with Crippen LogP contribution in [0.1, 0.15) is 53.0 Å². The zero-order valence-corrected chi connectivity index (χ0v) is 24.3. The number of halogens is 2. The molecule has 198 valence electrons. The van der Waals surface area contributed by atoms with Crippen LogP contribution in [0.25, 0.3) is 0 Å². The minimum atomic E-state index is -0.513. The van der Waals surface area contributed by atoms with Crippen molar-refractivity contribution >= 4 is 46.4 Å². The second-order valence-electron chi connectivity index (χ2n) is 10.1. The van der Waals surface area contributed by atoms with Gasteiger partial charge in [0, 0.05) is 39.2 Å². The molecule has 4 nitrogen and oxygen atoms in total. The lowest BCUT2D eigenvalue weighted by Crippen LogP contribution is -2.39. The predicted octanol–water partition coefficient (Wildman–Crippen LogP) is 8.35. The number of rotatable bonds is 6. The van der Waals surface area contributed by atoms with Gasteiger partial charge in [0.25, 0.3) is 0 Å². The number of allylic oxidation sites excluding steroid dienone is 3. The van der Waals surface area contributed by atoms with Gasteiger partial charge in [0.15, 0.2) is 5.78 Å². The van der Waals surface area contributed by atoms with Gasteiger partial charge in [-0.2, -0.15) is 17.0 Å². The Morgan fingerprint density at radius 3 is 2.44 bits per heavy atom. The number of hydrogen-bond donors (Lipinski definition) is 1. The van der Waals surface area contributed by atoms with Crippen LogP contribution in [0.15, 0.2) is 83.3 Å². The number of benzene rings is 3. The fourth-order valence-corrected chi connectivity index (χ4v) is 7.19. The van der Waals surface area contributed by atoms with Crippen molar-refractivity contribution in [2.45, 2.75) is 50.5 Å². The van der Waals surface area contributed by atoms with Crippen LogP contribution in [-0.2, 0) is 16.3 Å². The number of thioether (sulfide) groups is 1. The number of ketones is 1. The van der Waals surface area contributed by atoms with E-state index in [0.29, 0.717) is 45.5 Å². The minimum absolute atomic E-state index is 0.0560. The normalized spacial score (nSPS) is 17.4. The first-order chi connectivity index (χ1) is 18.8. The Labute approximate surface area is 244 Å². The second kappa shape index (κ2) is 11.5. The molecule has 0 radical (unpaired) electrons. The maximum atomic E-state index is 13.6. The van der Waals surface area contributed by atoms with Gasteiger partial charge < -0.3 is 5.73 Å². The maximum Gasteiger partial charge on any atom is 0.161 e. The number of nitrogens with two attached hydrogens (primary N) is 1. The fourth-order valence-electron chi connectivity index (χ4n) is 5.63. The molecule has 0 aromatic heterocycles. The molecule has 1 aliphatic heterocycles. The molecule has 3 aromatic carbocycles. The average molecular weight is 575 g/mol. The Kier molecular flexibility index (Phi) is 8.09. The van der Waals surface area contributed by atoms with Gasteiger partial charge in [-0.3, -0.25) is 9.69 Å². The van der Waals surface area contributed by atoms with Crippen molar-refractivity contribution in [3.8, 4) is 6.07 Å². The number of nitrogens with zero attached hydrogens (tertiary/aromatic N) is 2. The van der Waals surface area contributed by atoms with E-state index in [9.17, 15) is 10.1 Å². The van der Waals surface area contributed by atoms with Gasteiger partial charge in [0.05, 0.1) is 23.2 Å². The quantitative estimate of drug-likeness (QED) is 0.320. The van der Waals surface area contributed by atoms with Crippen molar-refractivity contribution in [2.75, 3.05) is 4.90 Å². The molecule has 0 fully saturated rings. The number of carbonyl (C=O) groups excluding carboxylic acids is 1. The summed E-state index contributed by atoms with van der Waals surface area (Å²) in [6.07, 6.45) is 1.84. The summed E-state index contributed by atoms with van der Waals surface area (Å²) >= 11 is 14.5. The summed E-state index contributed by atoms with van der Waals surface area (Å²) in [5.41, 5.74) is 14.9. The van der Waals surface area contributed by atoms with Crippen LogP contribution < -0.4 is 10.6 Å². The van der Waals surface area contributed by atoms with Gasteiger partial charge in [-0.1, -0.05) is 71.2 Å². The number of aryl methyl sites for hydroxylation is 1. The minimum Gasteiger partial charge on any atom is -0.384 e. The van der Waals surface area contributed by atoms with E-state index in [0.717, 1.165) is 40.3 Å². The first-order valence-electron chi connectivity index (χ1n) is 12.9. The third-order valence-electron chi connectivity index (χ3n) is 7.40. The Hall–Kier alpha value is -3.17. The van der Waals surface area contributed by atoms with Crippen molar-refractivity contribution in [3.05, 3.63) is 121 Å². The molecule has 3 aromatic rings. The van der Waals surface area contributed by atoms with Gasteiger partial charge in [0.1, 0.15) is 5.82 Å². The molecule has 0 spiro atoms. The SMILES string of the molecule is Cc1cc(CSCc2ccccc2)c(C)c(C2C(C#N)=C(N)N(c3cc(Cl)cc(Cl)c3)C3=C2C(=O)CCC3)c1. The molecule has 5 rings (SSSR count). The molecule has 2 N–H and O–H groups in total. The molecule has 0 saturated heterocycles. The van der Waals surface area contributed by atoms with Crippen LogP contribution >= 0.6 is 35.0 Å². The van der Waals surface area contributed by atoms with Gasteiger partial charge in [-0.05, 0) is 67.1 Å². The Balaban J connectivity index is 1.60. The molecule has 0 saturated carbocycles. The lowest BCUT2D eigenvalue weighted by Gasteiger charge is -2.40. The molecule has 2 aliphatic rings. The van der Waals surface area contributed by atoms with E-state index in [1.54, 1.807) is 23.1 Å². The Morgan fingerprint density at radius 1 is 1.03 bits per heavy atom. The van der Waals surface area contributed by atoms with Gasteiger partial charge in [-0.15, -0.1) is 0 Å². The van der Waals surface area contributed by atoms with Gasteiger partial charge >= 0.3 is 0 Å². The van der Waals surface area contributed by atoms with Crippen LogP contribution in [0, 0.1) is 25.2 Å². The van der Waals surface area contributed by atoms with E-state index in [-0.39, 0.29) is 5.78 Å². The van der Waals surface area contributed by atoms with E-state index in [1.165, 1.54) is 11.1 Å². The molecule has 1 heterocycles. The van der Waals surface area contributed by atoms with Crippen molar-refractivity contribution in [1.82, 2.24) is 0 Å². The summed E-state index contributed by atoms with van der Waals surface area (Å²) in [6, 6.07) is 22.3. The van der Waals surface area contributed by atoms with Crippen LogP contribution in [-0.4, -0.2) is 5.78 Å². The highest BCUT2D eigenvalue weighted by Crippen LogP contribution is 2.48. The summed E-state index contributed by atoms with van der Waals surface area (Å²) in [5, 5.41) is 11.4. The molecule has 39 heavy (non-hydrogen) atoms. The maximum absolute atomic E-state index is 13.6. The molecule has 1 atom stereocenters. The number of anilines is 1.